The highest BCUT2D eigenvalue weighted by Gasteiger charge is 2.41. The van der Waals surface area contributed by atoms with E-state index in [1.807, 2.05) is 13.0 Å². The smallest absolute Gasteiger partial charge is 0.435 e. The zero-order valence-electron chi connectivity index (χ0n) is 26.8. The number of quaternary nitrogens is 1. The second kappa shape index (κ2) is 13.2. The molecule has 2 aliphatic rings. The van der Waals surface area contributed by atoms with E-state index in [0.29, 0.717) is 53.9 Å². The number of aliphatic hydroxyl groups is 1. The monoisotopic (exact) mass is 663 g/mol. The van der Waals surface area contributed by atoms with Crippen LogP contribution in [0.2, 0.25) is 0 Å². The minimum Gasteiger partial charge on any atom is -0.505 e. The standard InChI is InChI=1S/C33H37F3N10O2/c1-3-21-15-23(7-8-24(21)32(48)39-10-5-4-6-14-46(2)19-22-16-40-28(22)27(47)20-46)42-30-31-41-17-26(45(31)13-11-38-30)25-18-44(12-9-37)43-29(25)33(34,35)36/h7-8,11,13,15,17-18,22H,3-6,10,12,14,16,19-20H2,1-2H3,(H3-,38,39,40,41,42,47,48)/p+1. The Labute approximate surface area is 275 Å². The molecule has 48 heavy (non-hydrogen) atoms. The average Bonchev–Trinajstić information content (AvgIpc) is 3.65. The van der Waals surface area contributed by atoms with E-state index < -0.39 is 11.9 Å². The van der Waals surface area contributed by atoms with Crippen molar-refractivity contribution < 1.29 is 27.6 Å². The third-order valence-electron chi connectivity index (χ3n) is 9.07. The van der Waals surface area contributed by atoms with Crippen molar-refractivity contribution in [3.05, 3.63) is 71.3 Å². The number of alkyl halides is 3. The van der Waals surface area contributed by atoms with E-state index in [2.05, 4.69) is 38.1 Å². The lowest BCUT2D eigenvalue weighted by atomic mass is 9.91. The predicted molar refractivity (Wildman–Crippen MR) is 172 cm³/mol. The van der Waals surface area contributed by atoms with E-state index >= 15 is 0 Å². The number of hydrogen-bond acceptors (Lipinski definition) is 8. The van der Waals surface area contributed by atoms with Gasteiger partial charge in [0.2, 0.25) is 0 Å². The summed E-state index contributed by atoms with van der Waals surface area (Å²) in [5, 5.41) is 32.3. The van der Waals surface area contributed by atoms with Gasteiger partial charge in [-0.15, -0.1) is 0 Å². The van der Waals surface area contributed by atoms with Crippen molar-refractivity contribution >= 4 is 23.1 Å². The molecule has 1 amide bonds. The summed E-state index contributed by atoms with van der Waals surface area (Å²) in [7, 11) is 2.20. The summed E-state index contributed by atoms with van der Waals surface area (Å²) in [6.07, 6.45) is 4.18. The van der Waals surface area contributed by atoms with E-state index in [-0.39, 0.29) is 23.7 Å². The highest BCUT2D eigenvalue weighted by atomic mass is 19.4. The van der Waals surface area contributed by atoms with Crippen LogP contribution in [0.25, 0.3) is 16.9 Å². The Balaban J connectivity index is 1.08. The largest absolute Gasteiger partial charge is 0.505 e. The summed E-state index contributed by atoms with van der Waals surface area (Å²) in [4.78, 5) is 21.8. The predicted octanol–water partition coefficient (Wildman–Crippen LogP) is 4.79. The molecule has 2 atom stereocenters. The van der Waals surface area contributed by atoms with Gasteiger partial charge in [-0.2, -0.15) is 23.5 Å². The number of nitriles is 1. The average molecular weight is 664 g/mol. The third kappa shape index (κ3) is 6.66. The van der Waals surface area contributed by atoms with Crippen molar-refractivity contribution in [1.29, 1.82) is 5.26 Å². The van der Waals surface area contributed by atoms with Gasteiger partial charge in [0.15, 0.2) is 22.9 Å². The van der Waals surface area contributed by atoms with Gasteiger partial charge in [-0.3, -0.25) is 13.9 Å². The normalized spacial score (nSPS) is 19.0. The van der Waals surface area contributed by atoms with Crippen LogP contribution in [0.1, 0.15) is 47.8 Å². The van der Waals surface area contributed by atoms with Crippen molar-refractivity contribution in [3.63, 3.8) is 0 Å². The number of aryl methyl sites for hydroxylation is 1. The number of amides is 1. The van der Waals surface area contributed by atoms with Crippen LogP contribution in [0.15, 0.2) is 54.4 Å². The molecule has 0 radical (unpaired) electrons. The van der Waals surface area contributed by atoms with Gasteiger partial charge in [0.25, 0.3) is 5.91 Å². The van der Waals surface area contributed by atoms with Gasteiger partial charge >= 0.3 is 6.18 Å². The molecule has 4 aromatic rings. The SMILES string of the molecule is CCc1cc(Nc2nccn3c(-c4cn(CC#N)nc4C(F)(F)F)cnc23)ccc1C(=O)NCCCCC[N+]1(C)CC(O)=C2NCC2C1. The fourth-order valence-corrected chi connectivity index (χ4v) is 6.65. The maximum absolute atomic E-state index is 13.8. The minimum atomic E-state index is -4.73. The number of nitrogens with zero attached hydrogens (tertiary/aromatic N) is 7. The number of anilines is 2. The van der Waals surface area contributed by atoms with Gasteiger partial charge in [-0.25, -0.2) is 9.97 Å². The molecule has 1 fully saturated rings. The molecule has 0 spiro atoms. The number of rotatable bonds is 12. The number of likely N-dealkylation sites (N-methyl/N-ethyl adjacent to an activating group) is 1. The van der Waals surface area contributed by atoms with Crippen molar-refractivity contribution in [3.8, 4) is 17.3 Å². The molecule has 0 aliphatic carbocycles. The van der Waals surface area contributed by atoms with Gasteiger partial charge in [0, 0.05) is 42.9 Å². The first-order valence-corrected chi connectivity index (χ1v) is 16.0. The Kier molecular flexibility index (Phi) is 9.02. The van der Waals surface area contributed by atoms with Gasteiger partial charge < -0.3 is 25.5 Å². The number of carbonyl (C=O) groups excluding carboxylic acids is 1. The maximum atomic E-state index is 13.8. The highest BCUT2D eigenvalue weighted by molar-refractivity contribution is 5.96. The number of halogens is 3. The van der Waals surface area contributed by atoms with Gasteiger partial charge in [-0.05, 0) is 49.4 Å². The van der Waals surface area contributed by atoms with Gasteiger partial charge in [0.05, 0.1) is 55.3 Å². The molecular formula is C33H38F3N10O2+. The van der Waals surface area contributed by atoms with E-state index in [1.54, 1.807) is 18.2 Å². The maximum Gasteiger partial charge on any atom is 0.435 e. The van der Waals surface area contributed by atoms with E-state index in [9.17, 15) is 23.1 Å². The first-order chi connectivity index (χ1) is 23.0. The molecule has 2 unspecified atom stereocenters. The number of fused-ring (bicyclic) bond motifs is 2. The number of benzene rings is 1. The van der Waals surface area contributed by atoms with Crippen LogP contribution in [0.5, 0.6) is 0 Å². The minimum absolute atomic E-state index is 0.149. The van der Waals surface area contributed by atoms with Crippen LogP contribution in [0, 0.1) is 17.2 Å². The van der Waals surface area contributed by atoms with Crippen LogP contribution >= 0.6 is 0 Å². The Morgan fingerprint density at radius 1 is 1.25 bits per heavy atom. The molecule has 0 saturated carbocycles. The topological polar surface area (TPSA) is 145 Å². The molecule has 5 heterocycles. The summed E-state index contributed by atoms with van der Waals surface area (Å²) >= 11 is 0. The number of aliphatic hydroxyl groups excluding tert-OH is 1. The van der Waals surface area contributed by atoms with Gasteiger partial charge in [-0.1, -0.05) is 6.92 Å². The third-order valence-corrected chi connectivity index (χ3v) is 9.07. The Morgan fingerprint density at radius 2 is 2.08 bits per heavy atom. The van der Waals surface area contributed by atoms with Crippen molar-refractivity contribution in [2.45, 2.75) is 45.3 Å². The van der Waals surface area contributed by atoms with Crippen LogP contribution in [0.3, 0.4) is 0 Å². The highest BCUT2D eigenvalue weighted by Crippen LogP contribution is 2.37. The number of unbranched alkanes of at least 4 members (excludes halogenated alkanes) is 2. The molecule has 2 aliphatic heterocycles. The first-order valence-electron chi connectivity index (χ1n) is 16.0. The van der Waals surface area contributed by atoms with Crippen molar-refractivity contribution in [1.82, 2.24) is 34.8 Å². The summed E-state index contributed by atoms with van der Waals surface area (Å²) in [5.74, 6) is 1.10. The van der Waals surface area contributed by atoms with E-state index in [0.717, 1.165) is 59.3 Å². The summed E-state index contributed by atoms with van der Waals surface area (Å²) in [5.41, 5.74) is 2.20. The fraction of sp³-hybridized carbons (Fsp3) is 0.424. The molecule has 1 aromatic carbocycles. The Morgan fingerprint density at radius 3 is 2.79 bits per heavy atom. The Bertz CT molecular complexity index is 1910. The van der Waals surface area contributed by atoms with E-state index in [1.165, 1.54) is 29.2 Å². The molecule has 15 heteroatoms. The molecular weight excluding hydrogens is 625 g/mol. The zero-order valence-corrected chi connectivity index (χ0v) is 26.8. The number of carbonyl (C=O) groups is 1. The first kappa shape index (κ1) is 32.8. The summed E-state index contributed by atoms with van der Waals surface area (Å²) in [6.45, 7) is 5.82. The van der Waals surface area contributed by atoms with Crippen molar-refractivity contribution in [2.24, 2.45) is 5.92 Å². The number of nitrogens with one attached hydrogen (secondary N) is 3. The number of aromatic nitrogens is 5. The molecule has 252 valence electrons. The number of hydrogen-bond donors (Lipinski definition) is 4. The second-order valence-corrected chi connectivity index (χ2v) is 12.6. The molecule has 3 aromatic heterocycles. The van der Waals surface area contributed by atoms with Crippen molar-refractivity contribution in [2.75, 3.05) is 45.1 Å². The second-order valence-electron chi connectivity index (χ2n) is 12.6. The lowest BCUT2D eigenvalue weighted by molar-refractivity contribution is -0.912. The molecule has 0 bridgehead atoms. The quantitative estimate of drug-likeness (QED) is 0.125. The lowest BCUT2D eigenvalue weighted by Crippen LogP contribution is -2.59. The molecule has 6 rings (SSSR count). The molecule has 1 saturated heterocycles. The molecule has 4 N–H and O–H groups in total. The fourth-order valence-electron chi connectivity index (χ4n) is 6.65. The van der Waals surface area contributed by atoms with Crippen LogP contribution in [-0.4, -0.2) is 79.4 Å². The van der Waals surface area contributed by atoms with Crippen LogP contribution in [0.4, 0.5) is 24.7 Å². The number of imidazole rings is 1. The summed E-state index contributed by atoms with van der Waals surface area (Å²) in [6, 6.07) is 7.16. The van der Waals surface area contributed by atoms with Gasteiger partial charge in [0.1, 0.15) is 13.1 Å². The van der Waals surface area contributed by atoms with E-state index in [4.69, 9.17) is 5.26 Å². The molecule has 12 nitrogen and oxygen atoms in total. The lowest BCUT2D eigenvalue weighted by Gasteiger charge is -2.46. The summed E-state index contributed by atoms with van der Waals surface area (Å²) < 4.78 is 44.7. The van der Waals surface area contributed by atoms with Crippen LogP contribution < -0.4 is 16.0 Å². The Hall–Kier alpha value is -5.10. The zero-order chi connectivity index (χ0) is 34.1. The van der Waals surface area contributed by atoms with Crippen LogP contribution in [-0.2, 0) is 19.1 Å².